The molecule has 11 heteroatoms. The van der Waals surface area contributed by atoms with Gasteiger partial charge in [0.15, 0.2) is 5.82 Å². The lowest BCUT2D eigenvalue weighted by molar-refractivity contribution is 0.102. The number of hydrogen-bond acceptors (Lipinski definition) is 7. The van der Waals surface area contributed by atoms with Gasteiger partial charge in [0, 0.05) is 31.7 Å². The van der Waals surface area contributed by atoms with E-state index in [0.29, 0.717) is 23.4 Å². The summed E-state index contributed by atoms with van der Waals surface area (Å²) >= 11 is 0. The lowest BCUT2D eigenvalue weighted by atomic mass is 10.1. The van der Waals surface area contributed by atoms with Crippen molar-refractivity contribution in [2.24, 2.45) is 12.8 Å². The molecule has 37 heavy (non-hydrogen) atoms. The Hall–Kier alpha value is -4.67. The summed E-state index contributed by atoms with van der Waals surface area (Å²) in [5, 5.41) is 6.85. The van der Waals surface area contributed by atoms with Gasteiger partial charge in [0.1, 0.15) is 28.3 Å². The number of ether oxygens (including phenoxy) is 1. The summed E-state index contributed by atoms with van der Waals surface area (Å²) in [6.07, 6.45) is 4.53. The first-order valence-electron chi connectivity index (χ1n) is 11.7. The summed E-state index contributed by atoms with van der Waals surface area (Å²) < 4.78 is 22.7. The quantitative estimate of drug-likeness (QED) is 0.429. The fourth-order valence-electron chi connectivity index (χ4n) is 4.66. The van der Waals surface area contributed by atoms with E-state index >= 15 is 0 Å². The van der Waals surface area contributed by atoms with Crippen molar-refractivity contribution in [1.82, 2.24) is 19.3 Å². The van der Waals surface area contributed by atoms with E-state index in [0.717, 1.165) is 34.6 Å². The first kappa shape index (κ1) is 24.0. The maximum Gasteiger partial charge on any atom is 0.284 e. The maximum atomic E-state index is 14.7. The molecule has 2 aromatic carbocycles. The number of amides is 1. The van der Waals surface area contributed by atoms with Crippen molar-refractivity contribution in [3.63, 3.8) is 0 Å². The molecule has 3 N–H and O–H groups in total. The molecule has 4 aromatic rings. The number of carbonyl (C=O) groups excluding carboxylic acids is 1. The highest BCUT2D eigenvalue weighted by Gasteiger charge is 2.27. The number of carbonyl (C=O) groups is 1. The van der Waals surface area contributed by atoms with E-state index in [2.05, 4.69) is 10.4 Å². The molecule has 0 atom stereocenters. The van der Waals surface area contributed by atoms with E-state index in [-0.39, 0.29) is 17.0 Å². The van der Waals surface area contributed by atoms with E-state index in [9.17, 15) is 14.0 Å². The molecule has 1 aliphatic heterocycles. The molecule has 0 spiro atoms. The van der Waals surface area contributed by atoms with Crippen LogP contribution in [0.4, 0.5) is 15.8 Å². The third-order valence-electron chi connectivity index (χ3n) is 6.59. The number of nitrogens with two attached hydrogens (primary N) is 1. The van der Waals surface area contributed by atoms with Gasteiger partial charge in [-0.05, 0) is 50.1 Å². The normalized spacial score (nSPS) is 14.5. The third-order valence-corrected chi connectivity index (χ3v) is 6.59. The highest BCUT2D eigenvalue weighted by Crippen LogP contribution is 2.39. The number of anilines is 2. The van der Waals surface area contributed by atoms with Crippen LogP contribution in [0.2, 0.25) is 0 Å². The number of aryl methyl sites for hydroxylation is 2. The van der Waals surface area contributed by atoms with E-state index in [1.807, 2.05) is 29.5 Å². The number of fused-ring (bicyclic) bond motifs is 1. The standard InChI is InChI=1S/C26H26FN7O3/c1-15-30-22-20(32(15)2)10-9-19(24(22)33-13-5-6-16(33)14-28)31-25(35)17-11-12-29-34(26(17)36)23-18(27)7-4-8-21(23)37-3/h4,7-12,14H,5-6,13,28H2,1-3H3,(H,31,35)/b16-14+. The largest absolute Gasteiger partial charge is 0.494 e. The molecule has 0 aliphatic carbocycles. The number of para-hydroxylation sites is 1. The van der Waals surface area contributed by atoms with Crippen LogP contribution >= 0.6 is 0 Å². The average molecular weight is 504 g/mol. The van der Waals surface area contributed by atoms with E-state index in [4.69, 9.17) is 15.5 Å². The van der Waals surface area contributed by atoms with Gasteiger partial charge < -0.3 is 25.3 Å². The Morgan fingerprint density at radius 2 is 2.03 bits per heavy atom. The van der Waals surface area contributed by atoms with Crippen LogP contribution < -0.4 is 26.2 Å². The van der Waals surface area contributed by atoms with E-state index in [1.54, 1.807) is 12.3 Å². The Bertz CT molecular complexity index is 1620. The Labute approximate surface area is 211 Å². The number of nitrogens with one attached hydrogen (secondary N) is 1. The lowest BCUT2D eigenvalue weighted by Crippen LogP contribution is -2.31. The van der Waals surface area contributed by atoms with Crippen LogP contribution in [-0.2, 0) is 7.05 Å². The van der Waals surface area contributed by atoms with Gasteiger partial charge in [-0.1, -0.05) is 6.07 Å². The van der Waals surface area contributed by atoms with Gasteiger partial charge >= 0.3 is 0 Å². The van der Waals surface area contributed by atoms with Crippen molar-refractivity contribution in [2.75, 3.05) is 23.9 Å². The van der Waals surface area contributed by atoms with Gasteiger partial charge in [-0.25, -0.2) is 9.37 Å². The number of imidazole rings is 1. The molecule has 0 saturated carbocycles. The zero-order valence-corrected chi connectivity index (χ0v) is 20.7. The summed E-state index contributed by atoms with van der Waals surface area (Å²) in [7, 11) is 3.28. The molecule has 5 rings (SSSR count). The van der Waals surface area contributed by atoms with Gasteiger partial charge in [0.2, 0.25) is 0 Å². The Balaban J connectivity index is 1.60. The predicted molar refractivity (Wildman–Crippen MR) is 139 cm³/mol. The summed E-state index contributed by atoms with van der Waals surface area (Å²) in [4.78, 5) is 33.5. The molecular weight excluding hydrogens is 477 g/mol. The van der Waals surface area contributed by atoms with Gasteiger partial charge in [0.25, 0.3) is 11.5 Å². The SMILES string of the molecule is COc1cccc(F)c1-n1nccc(C(=O)Nc2ccc3c(nc(C)n3C)c2N2CCC/C2=C\N)c1=O. The van der Waals surface area contributed by atoms with Crippen LogP contribution in [0.3, 0.4) is 0 Å². The van der Waals surface area contributed by atoms with Crippen LogP contribution in [0, 0.1) is 12.7 Å². The molecule has 190 valence electrons. The monoisotopic (exact) mass is 503 g/mol. The number of methoxy groups -OCH3 is 1. The molecule has 0 unspecified atom stereocenters. The highest BCUT2D eigenvalue weighted by atomic mass is 19.1. The topological polar surface area (TPSA) is 120 Å². The zero-order valence-electron chi connectivity index (χ0n) is 20.7. The second-order valence-electron chi connectivity index (χ2n) is 8.67. The smallest absolute Gasteiger partial charge is 0.284 e. The number of aromatic nitrogens is 4. The van der Waals surface area contributed by atoms with Crippen LogP contribution in [-0.4, -0.2) is 38.9 Å². The van der Waals surface area contributed by atoms with Crippen LogP contribution in [0.5, 0.6) is 5.75 Å². The zero-order chi connectivity index (χ0) is 26.3. The van der Waals surface area contributed by atoms with Gasteiger partial charge in [-0.2, -0.15) is 9.78 Å². The van der Waals surface area contributed by atoms with Crippen molar-refractivity contribution in [1.29, 1.82) is 0 Å². The molecule has 3 heterocycles. The van der Waals surface area contributed by atoms with Gasteiger partial charge in [-0.3, -0.25) is 9.59 Å². The van der Waals surface area contributed by atoms with Gasteiger partial charge in [-0.15, -0.1) is 0 Å². The minimum Gasteiger partial charge on any atom is -0.494 e. The van der Waals surface area contributed by atoms with Crippen LogP contribution in [0.15, 0.2) is 59.3 Å². The number of benzene rings is 2. The molecule has 1 saturated heterocycles. The van der Waals surface area contributed by atoms with Crippen molar-refractivity contribution in [3.05, 3.63) is 82.1 Å². The Morgan fingerprint density at radius 1 is 1.22 bits per heavy atom. The molecule has 0 radical (unpaired) electrons. The van der Waals surface area contributed by atoms with Crippen molar-refractivity contribution in [2.45, 2.75) is 19.8 Å². The molecular formula is C26H26FN7O3. The second kappa shape index (κ2) is 9.41. The maximum absolute atomic E-state index is 14.7. The molecule has 2 aromatic heterocycles. The first-order chi connectivity index (χ1) is 17.8. The number of rotatable bonds is 5. The summed E-state index contributed by atoms with van der Waals surface area (Å²) in [5.41, 5.74) is 8.43. The summed E-state index contributed by atoms with van der Waals surface area (Å²) in [6, 6.07) is 9.10. The fourth-order valence-corrected chi connectivity index (χ4v) is 4.66. The Morgan fingerprint density at radius 3 is 2.78 bits per heavy atom. The van der Waals surface area contributed by atoms with E-state index < -0.39 is 17.3 Å². The Kier molecular flexibility index (Phi) is 6.12. The minimum atomic E-state index is -0.788. The predicted octanol–water partition coefficient (Wildman–Crippen LogP) is 3.23. The van der Waals surface area contributed by atoms with Crippen molar-refractivity contribution >= 4 is 28.3 Å². The van der Waals surface area contributed by atoms with E-state index in [1.165, 1.54) is 37.6 Å². The summed E-state index contributed by atoms with van der Waals surface area (Å²) in [5.74, 6) is -0.448. The lowest BCUT2D eigenvalue weighted by Gasteiger charge is -2.24. The fraction of sp³-hybridized carbons (Fsp3) is 0.231. The highest BCUT2D eigenvalue weighted by molar-refractivity contribution is 6.09. The number of allylic oxidation sites excluding steroid dienone is 1. The summed E-state index contributed by atoms with van der Waals surface area (Å²) in [6.45, 7) is 2.61. The first-order valence-corrected chi connectivity index (χ1v) is 11.7. The molecule has 1 amide bonds. The molecule has 0 bridgehead atoms. The number of nitrogens with zero attached hydrogens (tertiary/aromatic N) is 5. The van der Waals surface area contributed by atoms with Gasteiger partial charge in [0.05, 0.1) is 24.0 Å². The molecule has 1 fully saturated rings. The number of hydrogen-bond donors (Lipinski definition) is 2. The molecule has 10 nitrogen and oxygen atoms in total. The second-order valence-corrected chi connectivity index (χ2v) is 8.67. The third kappa shape index (κ3) is 3.98. The van der Waals surface area contributed by atoms with Crippen molar-refractivity contribution < 1.29 is 13.9 Å². The minimum absolute atomic E-state index is 0.112. The molecule has 1 aliphatic rings. The van der Waals surface area contributed by atoms with Crippen molar-refractivity contribution in [3.8, 4) is 11.4 Å². The van der Waals surface area contributed by atoms with Crippen LogP contribution in [0.25, 0.3) is 16.7 Å². The average Bonchev–Trinajstić information content (AvgIpc) is 3.48. The number of halogens is 1. The van der Waals surface area contributed by atoms with Crippen LogP contribution in [0.1, 0.15) is 29.0 Å².